The van der Waals surface area contributed by atoms with Crippen molar-refractivity contribution in [2.45, 2.75) is 199 Å². The molecular formula is C52H87ClF3N13O. The number of aryl methyl sites for hydroxylation is 3. The summed E-state index contributed by atoms with van der Waals surface area (Å²) in [6, 6.07) is 10.9. The van der Waals surface area contributed by atoms with Crippen molar-refractivity contribution in [3.05, 3.63) is 126 Å². The van der Waals surface area contributed by atoms with Crippen molar-refractivity contribution in [3.8, 4) is 0 Å². The highest BCUT2D eigenvalue weighted by molar-refractivity contribution is 6.30. The summed E-state index contributed by atoms with van der Waals surface area (Å²) in [6.07, 6.45) is 22.4. The molecule has 0 radical (unpaired) electrons. The van der Waals surface area contributed by atoms with Gasteiger partial charge in [-0.2, -0.15) is 38.7 Å². The largest absolute Gasteiger partial charge is 0.391 e. The molecule has 394 valence electrons. The fourth-order valence-corrected chi connectivity index (χ4v) is 5.05. The number of nitrogens with zero attached hydrogens (tertiary/aromatic N) is 13. The van der Waals surface area contributed by atoms with Gasteiger partial charge in [-0.15, -0.1) is 0 Å². The molecule has 7 rings (SSSR count). The fourth-order valence-electron chi connectivity index (χ4n) is 4.90. The SMILES string of the molecule is CC(C)C(F)(F)F.CC(C)n1cc(Cl)cn1.CC(C)n1cccc1.CC(C)n1cccn1.CC(C)n1cncn1.CCCCc1cnn(C(C)C)c1.Cc1cc(C(C)C)no1.Cc1cnn(C(C)C)c1. The van der Waals surface area contributed by atoms with Gasteiger partial charge in [-0.25, -0.2) is 4.98 Å². The van der Waals surface area contributed by atoms with Crippen LogP contribution in [0.15, 0.2) is 103 Å². The lowest BCUT2D eigenvalue weighted by Crippen LogP contribution is -2.15. The molecule has 14 nitrogen and oxygen atoms in total. The summed E-state index contributed by atoms with van der Waals surface area (Å²) in [7, 11) is 0. The van der Waals surface area contributed by atoms with Gasteiger partial charge in [-0.3, -0.25) is 23.4 Å². The second-order valence-corrected chi connectivity index (χ2v) is 19.3. The molecule has 0 aliphatic rings. The van der Waals surface area contributed by atoms with Crippen LogP contribution in [0.4, 0.5) is 13.2 Å². The fraction of sp³-hybridized carbons (Fsp3) is 0.596. The van der Waals surface area contributed by atoms with E-state index in [-0.39, 0.29) is 0 Å². The second-order valence-electron chi connectivity index (χ2n) is 18.8. The minimum atomic E-state index is -4.00. The molecule has 0 aromatic carbocycles. The number of hydrogen-bond acceptors (Lipinski definition) is 8. The Labute approximate surface area is 423 Å². The van der Waals surface area contributed by atoms with Gasteiger partial charge in [0.15, 0.2) is 0 Å². The Bertz CT molecular complexity index is 2030. The van der Waals surface area contributed by atoms with E-state index in [9.17, 15) is 13.2 Å². The molecule has 0 spiro atoms. The van der Waals surface area contributed by atoms with Crippen LogP contribution in [0.25, 0.3) is 0 Å². The monoisotopic (exact) mass is 1000 g/mol. The summed E-state index contributed by atoms with van der Waals surface area (Å²) in [4.78, 5) is 3.80. The Morgan fingerprint density at radius 2 is 1.11 bits per heavy atom. The van der Waals surface area contributed by atoms with Gasteiger partial charge in [0.25, 0.3) is 0 Å². The first-order valence-electron chi connectivity index (χ1n) is 24.4. The summed E-state index contributed by atoms with van der Waals surface area (Å²) >= 11 is 5.62. The summed E-state index contributed by atoms with van der Waals surface area (Å²) in [6.45, 7) is 37.9. The molecule has 7 heterocycles. The molecule has 0 bridgehead atoms. The zero-order valence-electron chi connectivity index (χ0n) is 45.7. The third kappa shape index (κ3) is 29.5. The summed E-state index contributed by atoms with van der Waals surface area (Å²) in [5, 5.41) is 24.9. The highest BCUT2D eigenvalue weighted by atomic mass is 35.5. The average molecular weight is 1000 g/mol. The number of unbranched alkanes of at least 4 members (excludes halogenated alkanes) is 1. The molecule has 18 heteroatoms. The highest BCUT2D eigenvalue weighted by Crippen LogP contribution is 2.24. The van der Waals surface area contributed by atoms with Crippen LogP contribution < -0.4 is 0 Å². The first kappa shape index (κ1) is 64.5. The predicted octanol–water partition coefficient (Wildman–Crippen LogP) is 15.4. The van der Waals surface area contributed by atoms with E-state index in [0.29, 0.717) is 47.2 Å². The topological polar surface area (TPSA) is 133 Å². The Morgan fingerprint density at radius 1 is 0.600 bits per heavy atom. The molecule has 7 aromatic heterocycles. The number of alkyl halides is 3. The van der Waals surface area contributed by atoms with Gasteiger partial charge in [0.1, 0.15) is 18.4 Å². The number of rotatable bonds is 10. The zero-order chi connectivity index (χ0) is 53.6. The average Bonchev–Trinajstić information content (AvgIpc) is 4.14. The highest BCUT2D eigenvalue weighted by Gasteiger charge is 2.31. The summed E-state index contributed by atoms with van der Waals surface area (Å²) in [5.74, 6) is 0.161. The standard InChI is InChI=1S/C10H18N2.C7H12N2.C7H11NO.C7H11N.C6H9ClN2.C6H10N2.C5H9N3.C4H7F3/c1-4-5-6-10-7-11-12(8-10)9(2)3;1-6(2)9-5-7(3)4-8-9;1-5(2)7-4-6(3)9-8-7;1-7(2)8-5-3-4-6-8;1-5(2)9-4-6(7)3-8-9;1-6(2)8-5-3-4-7-8;1-5(2)8-4-6-3-7-8;1-3(2)4(5,6)7/h7-9H,4-6H2,1-3H3;4-6H,1-3H3;4-5H,1-3H3;3-7H,1-2H3;3-5H,1-2H3;3-6H,1-2H3;3-5H,1-2H3;3H,1-2H3. The normalized spacial score (nSPS) is 10.8. The first-order valence-corrected chi connectivity index (χ1v) is 24.8. The maximum atomic E-state index is 11.2. The minimum Gasteiger partial charge on any atom is -0.361 e. The van der Waals surface area contributed by atoms with E-state index in [0.717, 1.165) is 25.3 Å². The number of aromatic nitrogens is 13. The third-order valence-corrected chi connectivity index (χ3v) is 9.69. The number of hydrogen-bond donors (Lipinski definition) is 0. The van der Waals surface area contributed by atoms with Gasteiger partial charge in [-0.1, -0.05) is 57.8 Å². The first-order chi connectivity index (χ1) is 32.7. The lowest BCUT2D eigenvalue weighted by molar-refractivity contribution is -0.164. The van der Waals surface area contributed by atoms with Gasteiger partial charge < -0.3 is 9.09 Å². The second kappa shape index (κ2) is 34.8. The third-order valence-electron chi connectivity index (χ3n) is 9.50. The van der Waals surface area contributed by atoms with E-state index in [1.165, 1.54) is 30.4 Å². The molecule has 0 saturated carbocycles. The quantitative estimate of drug-likeness (QED) is 0.132. The van der Waals surface area contributed by atoms with Crippen molar-refractivity contribution in [1.82, 2.24) is 63.6 Å². The molecule has 7 aromatic rings. The van der Waals surface area contributed by atoms with Crippen LogP contribution in [0.5, 0.6) is 0 Å². The minimum absolute atomic E-state index is 0.400. The van der Waals surface area contributed by atoms with Crippen LogP contribution >= 0.6 is 11.6 Å². The molecule has 0 aliphatic carbocycles. The van der Waals surface area contributed by atoms with Gasteiger partial charge >= 0.3 is 6.18 Å². The van der Waals surface area contributed by atoms with Crippen LogP contribution in [-0.2, 0) is 6.42 Å². The number of halogens is 4. The van der Waals surface area contributed by atoms with Crippen LogP contribution in [0.1, 0.15) is 195 Å². The van der Waals surface area contributed by atoms with E-state index in [1.54, 1.807) is 29.7 Å². The van der Waals surface area contributed by atoms with Crippen LogP contribution in [-0.4, -0.2) is 69.8 Å². The maximum absolute atomic E-state index is 11.2. The van der Waals surface area contributed by atoms with Crippen molar-refractivity contribution < 1.29 is 17.7 Å². The molecule has 0 fully saturated rings. The Morgan fingerprint density at radius 3 is 1.37 bits per heavy atom. The van der Waals surface area contributed by atoms with Crippen molar-refractivity contribution in [3.63, 3.8) is 0 Å². The van der Waals surface area contributed by atoms with E-state index in [1.807, 2.05) is 87.8 Å². The van der Waals surface area contributed by atoms with Crippen LogP contribution in [0.2, 0.25) is 5.02 Å². The Kier molecular flexibility index (Phi) is 32.1. The molecular weight excluding hydrogens is 915 g/mol. The van der Waals surface area contributed by atoms with Gasteiger partial charge in [0, 0.05) is 91.6 Å². The predicted molar refractivity (Wildman–Crippen MR) is 280 cm³/mol. The lowest BCUT2D eigenvalue weighted by atomic mass is 10.1. The van der Waals surface area contributed by atoms with Crippen molar-refractivity contribution in [1.29, 1.82) is 0 Å². The van der Waals surface area contributed by atoms with E-state index in [4.69, 9.17) is 16.1 Å². The molecule has 0 amide bonds. The van der Waals surface area contributed by atoms with Crippen LogP contribution in [0, 0.1) is 19.8 Å². The maximum Gasteiger partial charge on any atom is 0.391 e. The molecule has 0 aliphatic heterocycles. The van der Waals surface area contributed by atoms with E-state index in [2.05, 4.69) is 163 Å². The smallest absolute Gasteiger partial charge is 0.361 e. The van der Waals surface area contributed by atoms with Crippen molar-refractivity contribution in [2.75, 3.05) is 0 Å². The molecule has 0 unspecified atom stereocenters. The van der Waals surface area contributed by atoms with E-state index < -0.39 is 12.1 Å². The Hall–Kier alpha value is -5.45. The molecule has 70 heavy (non-hydrogen) atoms. The Balaban J connectivity index is 0.000000781. The van der Waals surface area contributed by atoms with Gasteiger partial charge in [-0.05, 0) is 145 Å². The van der Waals surface area contributed by atoms with Crippen LogP contribution in [0.3, 0.4) is 0 Å². The lowest BCUT2D eigenvalue weighted by Gasteiger charge is -2.07. The zero-order valence-corrected chi connectivity index (χ0v) is 46.5. The molecule has 0 N–H and O–H groups in total. The molecule has 0 saturated heterocycles. The summed E-state index contributed by atoms with van der Waals surface area (Å²) in [5.41, 5.74) is 3.63. The van der Waals surface area contributed by atoms with Crippen molar-refractivity contribution >= 4 is 11.6 Å². The van der Waals surface area contributed by atoms with Gasteiger partial charge in [0.2, 0.25) is 0 Å². The summed E-state index contributed by atoms with van der Waals surface area (Å²) < 4.78 is 50.1. The molecule has 0 atom stereocenters. The van der Waals surface area contributed by atoms with Gasteiger partial charge in [0.05, 0.1) is 29.3 Å². The van der Waals surface area contributed by atoms with E-state index >= 15 is 0 Å². The van der Waals surface area contributed by atoms with Crippen molar-refractivity contribution in [2.24, 2.45) is 5.92 Å².